The van der Waals surface area contributed by atoms with E-state index in [4.69, 9.17) is 11.1 Å². The van der Waals surface area contributed by atoms with Gasteiger partial charge >= 0.3 is 0 Å². The minimum atomic E-state index is -0.469. The van der Waals surface area contributed by atoms with E-state index in [9.17, 15) is 0 Å². The fourth-order valence-electron chi connectivity index (χ4n) is 0.155. The van der Waals surface area contributed by atoms with Gasteiger partial charge in [0.15, 0.2) is 0 Å². The molecule has 0 amide bonds. The standard InChI is InChI=1S/C6H12N2S/c1-4(9)6(2,3)5(7)8/h9H,1H2,2-3H3,(H3,7,8). The maximum absolute atomic E-state index is 7.10. The normalized spacial score (nSPS) is 11.0. The summed E-state index contributed by atoms with van der Waals surface area (Å²) in [6.07, 6.45) is 0. The molecule has 0 atom stereocenters. The zero-order chi connectivity index (χ0) is 7.65. The van der Waals surface area contributed by atoms with Gasteiger partial charge in [0, 0.05) is 0 Å². The van der Waals surface area contributed by atoms with Gasteiger partial charge in [-0.15, -0.1) is 12.6 Å². The summed E-state index contributed by atoms with van der Waals surface area (Å²) in [7, 11) is 0. The molecule has 0 spiro atoms. The van der Waals surface area contributed by atoms with Crippen molar-refractivity contribution in [3.63, 3.8) is 0 Å². The van der Waals surface area contributed by atoms with E-state index in [0.29, 0.717) is 4.91 Å². The van der Waals surface area contributed by atoms with Crippen molar-refractivity contribution in [2.75, 3.05) is 0 Å². The molecule has 0 aliphatic carbocycles. The highest BCUT2D eigenvalue weighted by Crippen LogP contribution is 2.26. The highest BCUT2D eigenvalue weighted by Gasteiger charge is 2.22. The summed E-state index contributed by atoms with van der Waals surface area (Å²) in [5.74, 6) is 0.0995. The van der Waals surface area contributed by atoms with Gasteiger partial charge < -0.3 is 5.73 Å². The summed E-state index contributed by atoms with van der Waals surface area (Å²) in [5.41, 5.74) is 4.78. The number of hydrogen-bond donors (Lipinski definition) is 3. The number of amidine groups is 1. The van der Waals surface area contributed by atoms with Gasteiger partial charge in [0.25, 0.3) is 0 Å². The van der Waals surface area contributed by atoms with Crippen LogP contribution in [-0.4, -0.2) is 5.84 Å². The monoisotopic (exact) mass is 144 g/mol. The lowest BCUT2D eigenvalue weighted by Gasteiger charge is -2.21. The predicted molar refractivity (Wildman–Crippen MR) is 43.8 cm³/mol. The van der Waals surface area contributed by atoms with Crippen LogP contribution < -0.4 is 5.73 Å². The van der Waals surface area contributed by atoms with E-state index < -0.39 is 5.41 Å². The van der Waals surface area contributed by atoms with Gasteiger partial charge in [-0.1, -0.05) is 6.58 Å². The van der Waals surface area contributed by atoms with E-state index in [2.05, 4.69) is 19.2 Å². The minimum absolute atomic E-state index is 0.0995. The number of nitrogens with two attached hydrogens (primary N) is 1. The first-order chi connectivity index (χ1) is 3.89. The molecule has 0 aromatic carbocycles. The summed E-state index contributed by atoms with van der Waals surface area (Å²) in [6.45, 7) is 7.21. The first-order valence-electron chi connectivity index (χ1n) is 2.62. The van der Waals surface area contributed by atoms with Crippen molar-refractivity contribution in [1.82, 2.24) is 0 Å². The Morgan fingerprint density at radius 3 is 2.00 bits per heavy atom. The van der Waals surface area contributed by atoms with Crippen LogP contribution in [-0.2, 0) is 0 Å². The fourth-order valence-corrected chi connectivity index (χ4v) is 0.276. The first-order valence-corrected chi connectivity index (χ1v) is 3.06. The lowest BCUT2D eigenvalue weighted by molar-refractivity contribution is 0.654. The van der Waals surface area contributed by atoms with Crippen molar-refractivity contribution >= 4 is 18.5 Å². The zero-order valence-electron chi connectivity index (χ0n) is 5.73. The van der Waals surface area contributed by atoms with E-state index in [1.54, 1.807) is 0 Å². The fraction of sp³-hybridized carbons (Fsp3) is 0.500. The van der Waals surface area contributed by atoms with E-state index in [-0.39, 0.29) is 5.84 Å². The van der Waals surface area contributed by atoms with Gasteiger partial charge in [-0.25, -0.2) is 0 Å². The van der Waals surface area contributed by atoms with E-state index >= 15 is 0 Å². The molecule has 0 radical (unpaired) electrons. The number of nitrogens with one attached hydrogen (secondary N) is 1. The van der Waals surface area contributed by atoms with Gasteiger partial charge in [0.05, 0.1) is 5.41 Å². The summed E-state index contributed by atoms with van der Waals surface area (Å²) in [4.78, 5) is 0.620. The van der Waals surface area contributed by atoms with Gasteiger partial charge in [-0.05, 0) is 18.8 Å². The topological polar surface area (TPSA) is 49.9 Å². The lowest BCUT2D eigenvalue weighted by atomic mass is 9.92. The smallest absolute Gasteiger partial charge is 0.101 e. The van der Waals surface area contributed by atoms with Crippen molar-refractivity contribution in [2.45, 2.75) is 13.8 Å². The van der Waals surface area contributed by atoms with E-state index in [1.807, 2.05) is 13.8 Å². The maximum atomic E-state index is 7.10. The van der Waals surface area contributed by atoms with Crippen LogP contribution in [0.1, 0.15) is 13.8 Å². The first kappa shape index (κ1) is 8.56. The van der Waals surface area contributed by atoms with Crippen LogP contribution in [0, 0.1) is 10.8 Å². The molecule has 0 bridgehead atoms. The summed E-state index contributed by atoms with van der Waals surface area (Å²) < 4.78 is 0. The van der Waals surface area contributed by atoms with Crippen molar-refractivity contribution in [1.29, 1.82) is 5.41 Å². The lowest BCUT2D eigenvalue weighted by Crippen LogP contribution is -2.30. The third-order valence-electron chi connectivity index (χ3n) is 1.39. The van der Waals surface area contributed by atoms with Crippen LogP contribution in [0.4, 0.5) is 0 Å². The molecule has 0 aromatic heterocycles. The molecule has 0 heterocycles. The van der Waals surface area contributed by atoms with Crippen LogP contribution >= 0.6 is 12.6 Å². The summed E-state index contributed by atoms with van der Waals surface area (Å²) in [5, 5.41) is 7.10. The van der Waals surface area contributed by atoms with Gasteiger partial charge in [0.2, 0.25) is 0 Å². The molecule has 0 aromatic rings. The Bertz CT molecular complexity index is 133. The number of rotatable bonds is 2. The van der Waals surface area contributed by atoms with Gasteiger partial charge in [-0.2, -0.15) is 0 Å². The second kappa shape index (κ2) is 2.43. The quantitative estimate of drug-likeness (QED) is 0.306. The minimum Gasteiger partial charge on any atom is -0.387 e. The van der Waals surface area contributed by atoms with Crippen molar-refractivity contribution in [3.05, 3.63) is 11.5 Å². The number of thiol groups is 1. The van der Waals surface area contributed by atoms with Crippen LogP contribution in [0.3, 0.4) is 0 Å². The maximum Gasteiger partial charge on any atom is 0.101 e. The molecule has 0 fully saturated rings. The van der Waals surface area contributed by atoms with Crippen LogP contribution in [0.15, 0.2) is 11.5 Å². The molecule has 52 valence electrons. The largest absolute Gasteiger partial charge is 0.387 e. The van der Waals surface area contributed by atoms with Gasteiger partial charge in [0.1, 0.15) is 5.84 Å². The summed E-state index contributed by atoms with van der Waals surface area (Å²) in [6, 6.07) is 0. The van der Waals surface area contributed by atoms with Crippen LogP contribution in [0.2, 0.25) is 0 Å². The van der Waals surface area contributed by atoms with Crippen molar-refractivity contribution in [3.8, 4) is 0 Å². The Morgan fingerprint density at radius 1 is 1.67 bits per heavy atom. The second-order valence-corrected chi connectivity index (χ2v) is 3.03. The Labute approximate surface area is 61.1 Å². The molecule has 3 heteroatoms. The zero-order valence-corrected chi connectivity index (χ0v) is 6.63. The second-order valence-electron chi connectivity index (χ2n) is 2.49. The highest BCUT2D eigenvalue weighted by molar-refractivity contribution is 7.84. The molecular formula is C6H12N2S. The van der Waals surface area contributed by atoms with Crippen molar-refractivity contribution in [2.24, 2.45) is 11.1 Å². The average Bonchev–Trinajstić information content (AvgIpc) is 1.65. The Hall–Kier alpha value is -0.440. The molecular weight excluding hydrogens is 132 g/mol. The number of hydrogen-bond acceptors (Lipinski definition) is 2. The molecule has 0 aliphatic heterocycles. The summed E-state index contributed by atoms with van der Waals surface area (Å²) >= 11 is 4.00. The van der Waals surface area contributed by atoms with Crippen LogP contribution in [0.5, 0.6) is 0 Å². The molecule has 2 nitrogen and oxygen atoms in total. The molecule has 0 saturated carbocycles. The Balaban J connectivity index is 4.38. The van der Waals surface area contributed by atoms with Crippen LogP contribution in [0.25, 0.3) is 0 Å². The molecule has 3 N–H and O–H groups in total. The third kappa shape index (κ3) is 1.75. The Kier molecular flexibility index (Phi) is 2.32. The molecule has 9 heavy (non-hydrogen) atoms. The molecule has 0 unspecified atom stereocenters. The van der Waals surface area contributed by atoms with Crippen molar-refractivity contribution < 1.29 is 0 Å². The SMILES string of the molecule is C=C(S)C(C)(C)C(=N)N. The third-order valence-corrected chi connectivity index (χ3v) is 1.95. The predicted octanol–water partition coefficient (Wildman–Crippen LogP) is 1.39. The molecule has 0 aliphatic rings. The highest BCUT2D eigenvalue weighted by atomic mass is 32.1. The van der Waals surface area contributed by atoms with E-state index in [0.717, 1.165) is 0 Å². The Morgan fingerprint density at radius 2 is 2.00 bits per heavy atom. The molecule has 0 saturated heterocycles. The molecule has 0 rings (SSSR count). The van der Waals surface area contributed by atoms with E-state index in [1.165, 1.54) is 0 Å². The van der Waals surface area contributed by atoms with Gasteiger partial charge in [-0.3, -0.25) is 5.41 Å². The average molecular weight is 144 g/mol.